The molecule has 0 radical (unpaired) electrons. The zero-order valence-electron chi connectivity index (χ0n) is 10.8. The van der Waals surface area contributed by atoms with Gasteiger partial charge in [0.05, 0.1) is 4.90 Å². The summed E-state index contributed by atoms with van der Waals surface area (Å²) >= 11 is 5.73. The van der Waals surface area contributed by atoms with Crippen molar-refractivity contribution >= 4 is 21.6 Å². The van der Waals surface area contributed by atoms with Crippen LogP contribution in [0.1, 0.15) is 12.1 Å². The number of halogens is 1. The van der Waals surface area contributed by atoms with Gasteiger partial charge in [0.15, 0.2) is 0 Å². The molecule has 1 aromatic carbocycles. The van der Waals surface area contributed by atoms with Crippen molar-refractivity contribution in [1.82, 2.24) is 9.71 Å². The normalized spacial score (nSPS) is 11.4. The molecule has 6 heteroatoms. The number of nitrogens with zero attached hydrogens (tertiary/aromatic N) is 1. The van der Waals surface area contributed by atoms with Gasteiger partial charge in [-0.15, -0.1) is 0 Å². The lowest BCUT2D eigenvalue weighted by atomic mass is 10.2. The number of hydrogen-bond donors (Lipinski definition) is 1. The minimum atomic E-state index is -3.46. The Morgan fingerprint density at radius 2 is 1.85 bits per heavy atom. The molecule has 1 N–H and O–H groups in total. The maximum absolute atomic E-state index is 12.0. The Morgan fingerprint density at radius 1 is 1.10 bits per heavy atom. The molecule has 0 unspecified atom stereocenters. The molecule has 1 heterocycles. The first-order valence-electron chi connectivity index (χ1n) is 6.23. The molecule has 2 aromatic rings. The predicted octanol–water partition coefficient (Wildman–Crippen LogP) is 2.65. The fourth-order valence-electron chi connectivity index (χ4n) is 1.72. The van der Waals surface area contributed by atoms with E-state index in [2.05, 4.69) is 9.71 Å². The Morgan fingerprint density at radius 3 is 2.50 bits per heavy atom. The number of rotatable bonds is 6. The average Bonchev–Trinajstić information content (AvgIpc) is 2.45. The molecule has 0 atom stereocenters. The van der Waals surface area contributed by atoms with Crippen molar-refractivity contribution in [1.29, 1.82) is 0 Å². The van der Waals surface area contributed by atoms with Crippen molar-refractivity contribution in [2.75, 3.05) is 6.54 Å². The Labute approximate surface area is 123 Å². The van der Waals surface area contributed by atoms with Crippen LogP contribution < -0.4 is 4.72 Å². The first-order chi connectivity index (χ1) is 9.58. The van der Waals surface area contributed by atoms with Gasteiger partial charge >= 0.3 is 0 Å². The molecule has 0 bridgehead atoms. The summed E-state index contributed by atoms with van der Waals surface area (Å²) in [5.41, 5.74) is 0.957. The van der Waals surface area contributed by atoms with Crippen molar-refractivity contribution < 1.29 is 8.42 Å². The first-order valence-corrected chi connectivity index (χ1v) is 8.09. The summed E-state index contributed by atoms with van der Waals surface area (Å²) in [6.45, 7) is 0.377. The van der Waals surface area contributed by atoms with Crippen molar-refractivity contribution in [3.8, 4) is 0 Å². The van der Waals surface area contributed by atoms with Gasteiger partial charge in [-0.05, 0) is 49.2 Å². The summed E-state index contributed by atoms with van der Waals surface area (Å²) in [7, 11) is -3.46. The van der Waals surface area contributed by atoms with Crippen LogP contribution >= 0.6 is 11.6 Å². The molecule has 106 valence electrons. The van der Waals surface area contributed by atoms with Crippen LogP contribution in [0.25, 0.3) is 0 Å². The molecular weight excluding hydrogens is 296 g/mol. The van der Waals surface area contributed by atoms with E-state index in [0.717, 1.165) is 12.1 Å². The summed E-state index contributed by atoms with van der Waals surface area (Å²) in [6, 6.07) is 11.8. The van der Waals surface area contributed by atoms with Crippen LogP contribution in [0, 0.1) is 0 Å². The van der Waals surface area contributed by atoms with E-state index < -0.39 is 10.0 Å². The zero-order valence-corrected chi connectivity index (χ0v) is 12.4. The van der Waals surface area contributed by atoms with Gasteiger partial charge in [0.25, 0.3) is 0 Å². The highest BCUT2D eigenvalue weighted by Gasteiger charge is 2.12. The van der Waals surface area contributed by atoms with Crippen LogP contribution in [0.5, 0.6) is 0 Å². The van der Waals surface area contributed by atoms with Crippen LogP contribution in [0.2, 0.25) is 5.02 Å². The first kappa shape index (κ1) is 15.0. The Bertz CT molecular complexity index is 643. The van der Waals surface area contributed by atoms with E-state index in [4.69, 9.17) is 11.6 Å². The summed E-state index contributed by atoms with van der Waals surface area (Å²) in [6.07, 6.45) is 3.17. The zero-order chi connectivity index (χ0) is 14.4. The molecule has 0 saturated heterocycles. The number of aromatic nitrogens is 1. The summed E-state index contributed by atoms with van der Waals surface area (Å²) in [4.78, 5) is 4.41. The lowest BCUT2D eigenvalue weighted by molar-refractivity contribution is 0.578. The Hall–Kier alpha value is -1.43. The second-order valence-electron chi connectivity index (χ2n) is 4.28. The van der Waals surface area contributed by atoms with E-state index in [0.29, 0.717) is 18.0 Å². The van der Waals surface area contributed by atoms with Crippen LogP contribution in [0.3, 0.4) is 0 Å². The van der Waals surface area contributed by atoms with Gasteiger partial charge in [0.1, 0.15) is 0 Å². The third-order valence-corrected chi connectivity index (χ3v) is 4.48. The molecule has 0 spiro atoms. The lowest BCUT2D eigenvalue weighted by Crippen LogP contribution is -2.25. The summed E-state index contributed by atoms with van der Waals surface area (Å²) in [5.74, 6) is 0. The third kappa shape index (κ3) is 4.30. The van der Waals surface area contributed by atoms with Crippen molar-refractivity contribution in [2.45, 2.75) is 17.7 Å². The van der Waals surface area contributed by atoms with E-state index in [1.807, 2.05) is 18.2 Å². The summed E-state index contributed by atoms with van der Waals surface area (Å²) < 4.78 is 26.5. The fourth-order valence-corrected chi connectivity index (χ4v) is 2.92. The number of sulfonamides is 1. The van der Waals surface area contributed by atoms with Crippen LogP contribution in [-0.2, 0) is 16.4 Å². The molecule has 0 aliphatic carbocycles. The molecular formula is C14H15ClN2O2S. The topological polar surface area (TPSA) is 59.1 Å². The minimum Gasteiger partial charge on any atom is -0.261 e. The van der Waals surface area contributed by atoms with Gasteiger partial charge in [-0.3, -0.25) is 4.98 Å². The number of pyridine rings is 1. The highest BCUT2D eigenvalue weighted by molar-refractivity contribution is 7.89. The molecule has 4 nitrogen and oxygen atoms in total. The third-order valence-electron chi connectivity index (χ3n) is 2.75. The standard InChI is InChI=1S/C14H15ClN2O2S/c15-12-6-8-14(9-7-12)20(18,19)17-11-3-5-13-4-1-2-10-16-13/h1-2,4,6-10,17H,3,5,11H2. The Balaban J connectivity index is 1.85. The molecule has 2 rings (SSSR count). The van der Waals surface area contributed by atoms with Crippen LogP contribution in [0.15, 0.2) is 53.6 Å². The highest BCUT2D eigenvalue weighted by Crippen LogP contribution is 2.13. The predicted molar refractivity (Wildman–Crippen MR) is 79.2 cm³/mol. The van der Waals surface area contributed by atoms with Crippen LogP contribution in [0.4, 0.5) is 0 Å². The van der Waals surface area contributed by atoms with Gasteiger partial charge in [-0.25, -0.2) is 13.1 Å². The second-order valence-corrected chi connectivity index (χ2v) is 6.48. The van der Waals surface area contributed by atoms with Gasteiger partial charge in [0, 0.05) is 23.5 Å². The number of benzene rings is 1. The molecule has 0 fully saturated rings. The van der Waals surface area contributed by atoms with E-state index in [9.17, 15) is 8.42 Å². The van der Waals surface area contributed by atoms with Crippen LogP contribution in [-0.4, -0.2) is 19.9 Å². The minimum absolute atomic E-state index is 0.222. The number of nitrogens with one attached hydrogen (secondary N) is 1. The smallest absolute Gasteiger partial charge is 0.240 e. The van der Waals surface area contributed by atoms with E-state index in [-0.39, 0.29) is 4.90 Å². The molecule has 20 heavy (non-hydrogen) atoms. The number of hydrogen-bond acceptors (Lipinski definition) is 3. The SMILES string of the molecule is O=S(=O)(NCCCc1ccccn1)c1ccc(Cl)cc1. The van der Waals surface area contributed by atoms with Crippen molar-refractivity contribution in [3.63, 3.8) is 0 Å². The van der Waals surface area contributed by atoms with Crippen molar-refractivity contribution in [2.24, 2.45) is 0 Å². The molecule has 0 saturated carbocycles. The van der Waals surface area contributed by atoms with Crippen molar-refractivity contribution in [3.05, 3.63) is 59.4 Å². The van der Waals surface area contributed by atoms with Gasteiger partial charge < -0.3 is 0 Å². The monoisotopic (exact) mass is 310 g/mol. The van der Waals surface area contributed by atoms with E-state index in [1.165, 1.54) is 12.1 Å². The van der Waals surface area contributed by atoms with Gasteiger partial charge in [-0.1, -0.05) is 17.7 Å². The quantitative estimate of drug-likeness (QED) is 0.834. The largest absolute Gasteiger partial charge is 0.261 e. The second kappa shape index (κ2) is 6.83. The molecule has 1 aromatic heterocycles. The summed E-state index contributed by atoms with van der Waals surface area (Å²) in [5, 5.41) is 0.513. The fraction of sp³-hybridized carbons (Fsp3) is 0.214. The maximum atomic E-state index is 12.0. The van der Waals surface area contributed by atoms with Gasteiger partial charge in [0.2, 0.25) is 10.0 Å². The molecule has 0 aliphatic heterocycles. The lowest BCUT2D eigenvalue weighted by Gasteiger charge is -2.06. The number of aryl methyl sites for hydroxylation is 1. The molecule has 0 amide bonds. The highest BCUT2D eigenvalue weighted by atomic mass is 35.5. The maximum Gasteiger partial charge on any atom is 0.240 e. The Kier molecular flexibility index (Phi) is 5.11. The van der Waals surface area contributed by atoms with E-state index >= 15 is 0 Å². The van der Waals surface area contributed by atoms with Gasteiger partial charge in [-0.2, -0.15) is 0 Å². The van der Waals surface area contributed by atoms with E-state index in [1.54, 1.807) is 18.3 Å². The average molecular weight is 311 g/mol. The molecule has 0 aliphatic rings.